The van der Waals surface area contributed by atoms with Crippen LogP contribution in [0.25, 0.3) is 0 Å². The van der Waals surface area contributed by atoms with Gasteiger partial charge in [-0.2, -0.15) is 0 Å². The summed E-state index contributed by atoms with van der Waals surface area (Å²) in [7, 11) is 0. The second-order valence-corrected chi connectivity index (χ2v) is 4.44. The third kappa shape index (κ3) is 2.61. The zero-order valence-corrected chi connectivity index (χ0v) is 9.36. The van der Waals surface area contributed by atoms with E-state index in [9.17, 15) is 4.79 Å². The molecule has 3 heteroatoms. The molecule has 3 nitrogen and oxygen atoms in total. The molecule has 1 saturated carbocycles. The van der Waals surface area contributed by atoms with Crippen molar-refractivity contribution in [2.24, 2.45) is 11.7 Å². The van der Waals surface area contributed by atoms with Gasteiger partial charge in [-0.15, -0.1) is 0 Å². The Labute approximate surface area is 96.0 Å². The fraction of sp³-hybridized carbons (Fsp3) is 0.462. The van der Waals surface area contributed by atoms with Gasteiger partial charge in [0.15, 0.2) is 0 Å². The summed E-state index contributed by atoms with van der Waals surface area (Å²) in [5.41, 5.74) is 6.60. The molecule has 0 saturated heterocycles. The fourth-order valence-electron chi connectivity index (χ4n) is 2.10. The van der Waals surface area contributed by atoms with E-state index >= 15 is 0 Å². The molecular formula is C13H18N2O. The molecule has 0 radical (unpaired) electrons. The summed E-state index contributed by atoms with van der Waals surface area (Å²) in [4.78, 5) is 11.3. The van der Waals surface area contributed by atoms with Crippen LogP contribution < -0.4 is 11.1 Å². The van der Waals surface area contributed by atoms with E-state index in [0.29, 0.717) is 12.5 Å². The number of rotatable bonds is 5. The number of amides is 1. The van der Waals surface area contributed by atoms with Crippen molar-refractivity contribution in [1.82, 2.24) is 5.32 Å². The predicted octanol–water partition coefficient (Wildman–Crippen LogP) is 1.43. The van der Waals surface area contributed by atoms with Crippen LogP contribution in [0.15, 0.2) is 30.3 Å². The molecular weight excluding hydrogens is 200 g/mol. The van der Waals surface area contributed by atoms with E-state index in [1.165, 1.54) is 12.0 Å². The van der Waals surface area contributed by atoms with Crippen LogP contribution in [0, 0.1) is 5.92 Å². The number of carbonyl (C=O) groups excluding carboxylic acids is 1. The van der Waals surface area contributed by atoms with Gasteiger partial charge in [0.25, 0.3) is 0 Å². The molecule has 1 unspecified atom stereocenters. The van der Waals surface area contributed by atoms with Crippen molar-refractivity contribution in [1.29, 1.82) is 0 Å². The summed E-state index contributed by atoms with van der Waals surface area (Å²) >= 11 is 0. The van der Waals surface area contributed by atoms with Gasteiger partial charge in [-0.25, -0.2) is 0 Å². The first kappa shape index (κ1) is 11.1. The maximum absolute atomic E-state index is 11.3. The zero-order valence-electron chi connectivity index (χ0n) is 9.36. The second kappa shape index (κ2) is 5.12. The van der Waals surface area contributed by atoms with E-state index < -0.39 is 0 Å². The maximum atomic E-state index is 11.3. The molecule has 16 heavy (non-hydrogen) atoms. The van der Waals surface area contributed by atoms with Crippen LogP contribution in [0.2, 0.25) is 0 Å². The minimum Gasteiger partial charge on any atom is -0.368 e. The average Bonchev–Trinajstić information content (AvgIpc) is 2.22. The Morgan fingerprint density at radius 3 is 2.56 bits per heavy atom. The van der Waals surface area contributed by atoms with Crippen molar-refractivity contribution in [3.8, 4) is 0 Å². The molecule has 1 aromatic rings. The van der Waals surface area contributed by atoms with Crippen LogP contribution in [0.1, 0.15) is 24.8 Å². The van der Waals surface area contributed by atoms with Gasteiger partial charge >= 0.3 is 0 Å². The van der Waals surface area contributed by atoms with Crippen LogP contribution >= 0.6 is 0 Å². The first-order valence-corrected chi connectivity index (χ1v) is 5.84. The van der Waals surface area contributed by atoms with Crippen molar-refractivity contribution >= 4 is 5.91 Å². The molecule has 0 heterocycles. The molecule has 1 amide bonds. The molecule has 1 fully saturated rings. The third-order valence-corrected chi connectivity index (χ3v) is 3.30. The molecule has 2 rings (SSSR count). The minimum atomic E-state index is -0.222. The Hall–Kier alpha value is -1.35. The molecule has 1 atom stereocenters. The highest BCUT2D eigenvalue weighted by molar-refractivity contribution is 5.80. The topological polar surface area (TPSA) is 55.1 Å². The van der Waals surface area contributed by atoms with Gasteiger partial charge in [0.1, 0.15) is 0 Å². The van der Waals surface area contributed by atoms with Gasteiger partial charge in [0, 0.05) is 6.54 Å². The number of nitrogens with two attached hydrogens (primary N) is 1. The Morgan fingerprint density at radius 2 is 2.06 bits per heavy atom. The van der Waals surface area contributed by atoms with Gasteiger partial charge in [0.05, 0.1) is 6.04 Å². The van der Waals surface area contributed by atoms with E-state index in [2.05, 4.69) is 5.32 Å². The van der Waals surface area contributed by atoms with Crippen molar-refractivity contribution < 1.29 is 4.79 Å². The Morgan fingerprint density at radius 1 is 1.38 bits per heavy atom. The Balaban J connectivity index is 1.89. The molecule has 0 aliphatic heterocycles. The lowest BCUT2D eigenvalue weighted by Gasteiger charge is -2.32. The van der Waals surface area contributed by atoms with E-state index in [0.717, 1.165) is 12.8 Å². The summed E-state index contributed by atoms with van der Waals surface area (Å²) in [5, 5.41) is 3.26. The molecule has 86 valence electrons. The smallest absolute Gasteiger partial charge is 0.234 e. The van der Waals surface area contributed by atoms with Crippen molar-refractivity contribution in [3.63, 3.8) is 0 Å². The third-order valence-electron chi connectivity index (χ3n) is 3.30. The van der Waals surface area contributed by atoms with E-state index in [1.807, 2.05) is 30.3 Å². The standard InChI is InChI=1S/C13H18N2O/c14-13(16)12(11-7-4-8-11)15-9-10-5-2-1-3-6-10/h1-3,5-6,11-12,15H,4,7-9H2,(H2,14,16). The highest BCUT2D eigenvalue weighted by atomic mass is 16.1. The van der Waals surface area contributed by atoms with Crippen LogP contribution in [0.5, 0.6) is 0 Å². The summed E-state index contributed by atoms with van der Waals surface area (Å²) < 4.78 is 0. The lowest BCUT2D eigenvalue weighted by atomic mass is 9.79. The summed E-state index contributed by atoms with van der Waals surface area (Å²) in [6.07, 6.45) is 3.46. The SMILES string of the molecule is NC(=O)C(NCc1ccccc1)C1CCC1. The fourth-order valence-corrected chi connectivity index (χ4v) is 2.10. The predicted molar refractivity (Wildman–Crippen MR) is 63.6 cm³/mol. The van der Waals surface area contributed by atoms with Crippen LogP contribution in [0.3, 0.4) is 0 Å². The molecule has 1 aromatic carbocycles. The summed E-state index contributed by atoms with van der Waals surface area (Å²) in [6.45, 7) is 0.713. The quantitative estimate of drug-likeness (QED) is 0.785. The minimum absolute atomic E-state index is 0.158. The van der Waals surface area contributed by atoms with Gasteiger partial charge in [-0.1, -0.05) is 36.8 Å². The summed E-state index contributed by atoms with van der Waals surface area (Å²) in [5.74, 6) is 0.224. The highest BCUT2D eigenvalue weighted by Crippen LogP contribution is 2.29. The Kier molecular flexibility index (Phi) is 3.57. The molecule has 1 aliphatic carbocycles. The van der Waals surface area contributed by atoms with Crippen molar-refractivity contribution in [3.05, 3.63) is 35.9 Å². The number of nitrogens with one attached hydrogen (secondary N) is 1. The summed E-state index contributed by atoms with van der Waals surface area (Å²) in [6, 6.07) is 9.92. The maximum Gasteiger partial charge on any atom is 0.234 e. The first-order chi connectivity index (χ1) is 7.77. The average molecular weight is 218 g/mol. The van der Waals surface area contributed by atoms with Crippen LogP contribution in [-0.4, -0.2) is 11.9 Å². The van der Waals surface area contributed by atoms with Crippen molar-refractivity contribution in [2.75, 3.05) is 0 Å². The number of benzene rings is 1. The number of primary amides is 1. The number of hydrogen-bond acceptors (Lipinski definition) is 2. The molecule has 3 N–H and O–H groups in total. The van der Waals surface area contributed by atoms with E-state index in [4.69, 9.17) is 5.73 Å². The van der Waals surface area contributed by atoms with Gasteiger partial charge in [-0.3, -0.25) is 4.79 Å². The lowest BCUT2D eigenvalue weighted by Crippen LogP contribution is -2.48. The molecule has 0 aromatic heterocycles. The first-order valence-electron chi connectivity index (χ1n) is 5.84. The molecule has 0 bridgehead atoms. The van der Waals surface area contributed by atoms with Gasteiger partial charge < -0.3 is 11.1 Å². The van der Waals surface area contributed by atoms with E-state index in [1.54, 1.807) is 0 Å². The van der Waals surface area contributed by atoms with Crippen LogP contribution in [0.4, 0.5) is 0 Å². The highest BCUT2D eigenvalue weighted by Gasteiger charge is 2.30. The van der Waals surface area contributed by atoms with E-state index in [-0.39, 0.29) is 11.9 Å². The Bertz CT molecular complexity index is 346. The van der Waals surface area contributed by atoms with Crippen molar-refractivity contribution in [2.45, 2.75) is 31.8 Å². The molecule has 0 spiro atoms. The lowest BCUT2D eigenvalue weighted by molar-refractivity contribution is -0.122. The zero-order chi connectivity index (χ0) is 11.4. The van der Waals surface area contributed by atoms with Crippen LogP contribution in [-0.2, 0) is 11.3 Å². The molecule has 1 aliphatic rings. The van der Waals surface area contributed by atoms with Gasteiger partial charge in [0.2, 0.25) is 5.91 Å². The van der Waals surface area contributed by atoms with Gasteiger partial charge in [-0.05, 0) is 24.3 Å². The monoisotopic (exact) mass is 218 g/mol. The largest absolute Gasteiger partial charge is 0.368 e. The number of hydrogen-bond donors (Lipinski definition) is 2. The second-order valence-electron chi connectivity index (χ2n) is 4.44. The normalized spacial score (nSPS) is 17.8. The number of carbonyl (C=O) groups is 1.